The number of fused-ring (bicyclic) bond motifs is 1. The SMILES string of the molecule is CC(C1CCC1)N1CCC2(CC1)Cc1cc(-c3ccc(CN)cc3)ccc1O2. The third-order valence-corrected chi connectivity index (χ3v) is 7.54. The summed E-state index contributed by atoms with van der Waals surface area (Å²) in [6, 6.07) is 16.1. The van der Waals surface area contributed by atoms with Crippen LogP contribution in [0.25, 0.3) is 11.1 Å². The fraction of sp³-hybridized carbons (Fsp3) is 0.520. The first-order chi connectivity index (χ1) is 13.7. The van der Waals surface area contributed by atoms with E-state index < -0.39 is 0 Å². The van der Waals surface area contributed by atoms with Crippen LogP contribution in [-0.2, 0) is 13.0 Å². The molecular weight excluding hydrogens is 344 g/mol. The summed E-state index contributed by atoms with van der Waals surface area (Å²) >= 11 is 0. The van der Waals surface area contributed by atoms with Gasteiger partial charge in [0.05, 0.1) is 0 Å². The predicted molar refractivity (Wildman–Crippen MR) is 114 cm³/mol. The first-order valence-electron chi connectivity index (χ1n) is 11.0. The monoisotopic (exact) mass is 376 g/mol. The molecule has 28 heavy (non-hydrogen) atoms. The Bertz CT molecular complexity index is 832. The third kappa shape index (κ3) is 3.25. The molecule has 2 aromatic carbocycles. The van der Waals surface area contributed by atoms with Crippen LogP contribution in [0.1, 0.15) is 50.2 Å². The van der Waals surface area contributed by atoms with Crippen molar-refractivity contribution in [3.8, 4) is 16.9 Å². The molecule has 2 aliphatic heterocycles. The van der Waals surface area contributed by atoms with Crippen LogP contribution in [-0.4, -0.2) is 29.6 Å². The number of nitrogens with zero attached hydrogens (tertiary/aromatic N) is 1. The van der Waals surface area contributed by atoms with Crippen LogP contribution in [0.3, 0.4) is 0 Å². The zero-order valence-electron chi connectivity index (χ0n) is 17.0. The summed E-state index contributed by atoms with van der Waals surface area (Å²) in [5, 5.41) is 0. The lowest BCUT2D eigenvalue weighted by Crippen LogP contribution is -2.52. The van der Waals surface area contributed by atoms with Crippen LogP contribution in [0.2, 0.25) is 0 Å². The number of hydrogen-bond acceptors (Lipinski definition) is 3. The second kappa shape index (κ2) is 7.20. The maximum atomic E-state index is 6.55. The van der Waals surface area contributed by atoms with Crippen molar-refractivity contribution in [1.82, 2.24) is 4.90 Å². The fourth-order valence-corrected chi connectivity index (χ4v) is 5.28. The largest absolute Gasteiger partial charge is 0.487 e. The van der Waals surface area contributed by atoms with Crippen molar-refractivity contribution in [2.75, 3.05) is 13.1 Å². The third-order valence-electron chi connectivity index (χ3n) is 7.54. The molecule has 0 bridgehead atoms. The number of likely N-dealkylation sites (tertiary alicyclic amines) is 1. The van der Waals surface area contributed by atoms with Crippen LogP contribution >= 0.6 is 0 Å². The van der Waals surface area contributed by atoms with Crippen molar-refractivity contribution in [3.63, 3.8) is 0 Å². The summed E-state index contributed by atoms with van der Waals surface area (Å²) in [5.74, 6) is 2.03. The van der Waals surface area contributed by atoms with Gasteiger partial charge >= 0.3 is 0 Å². The lowest BCUT2D eigenvalue weighted by atomic mass is 9.78. The molecule has 0 radical (unpaired) electrons. The lowest BCUT2D eigenvalue weighted by Gasteiger charge is -2.45. The van der Waals surface area contributed by atoms with Crippen LogP contribution in [0.15, 0.2) is 42.5 Å². The van der Waals surface area contributed by atoms with Gasteiger partial charge in [-0.15, -0.1) is 0 Å². The molecule has 1 spiro atoms. The van der Waals surface area contributed by atoms with E-state index in [1.165, 1.54) is 54.6 Å². The zero-order chi connectivity index (χ0) is 19.1. The molecule has 1 saturated carbocycles. The van der Waals surface area contributed by atoms with Crippen LogP contribution in [0.4, 0.5) is 0 Å². The molecule has 2 aromatic rings. The van der Waals surface area contributed by atoms with E-state index in [1.807, 2.05) is 0 Å². The van der Waals surface area contributed by atoms with Gasteiger partial charge in [0.15, 0.2) is 0 Å². The van der Waals surface area contributed by atoms with E-state index in [9.17, 15) is 0 Å². The van der Waals surface area contributed by atoms with Gasteiger partial charge in [-0.05, 0) is 60.1 Å². The molecule has 5 rings (SSSR count). The van der Waals surface area contributed by atoms with Gasteiger partial charge in [0.25, 0.3) is 0 Å². The highest BCUT2D eigenvalue weighted by atomic mass is 16.5. The summed E-state index contributed by atoms with van der Waals surface area (Å²) < 4.78 is 6.55. The Morgan fingerprint density at radius 1 is 1.07 bits per heavy atom. The van der Waals surface area contributed by atoms with E-state index in [0.29, 0.717) is 6.54 Å². The smallest absolute Gasteiger partial charge is 0.123 e. The van der Waals surface area contributed by atoms with Gasteiger partial charge in [-0.25, -0.2) is 0 Å². The molecule has 1 saturated heterocycles. The minimum Gasteiger partial charge on any atom is -0.487 e. The lowest BCUT2D eigenvalue weighted by molar-refractivity contribution is -0.00849. The van der Waals surface area contributed by atoms with E-state index in [0.717, 1.165) is 37.0 Å². The first-order valence-corrected chi connectivity index (χ1v) is 11.0. The van der Waals surface area contributed by atoms with Gasteiger partial charge in [0.2, 0.25) is 0 Å². The van der Waals surface area contributed by atoms with Crippen molar-refractivity contribution >= 4 is 0 Å². The van der Waals surface area contributed by atoms with Gasteiger partial charge in [-0.2, -0.15) is 0 Å². The van der Waals surface area contributed by atoms with E-state index in [-0.39, 0.29) is 5.60 Å². The molecule has 3 aliphatic rings. The summed E-state index contributed by atoms with van der Waals surface area (Å²) in [4.78, 5) is 2.71. The minimum absolute atomic E-state index is 0.0280. The first kappa shape index (κ1) is 18.2. The Labute approximate surface area is 168 Å². The molecule has 148 valence electrons. The van der Waals surface area contributed by atoms with Gasteiger partial charge in [-0.1, -0.05) is 36.8 Å². The number of ether oxygens (including phenoxy) is 1. The average molecular weight is 377 g/mol. The number of piperidine rings is 1. The van der Waals surface area contributed by atoms with Crippen molar-refractivity contribution < 1.29 is 4.74 Å². The van der Waals surface area contributed by atoms with Crippen molar-refractivity contribution in [2.24, 2.45) is 11.7 Å². The van der Waals surface area contributed by atoms with E-state index >= 15 is 0 Å². The normalized spacial score (nSPS) is 22.5. The summed E-state index contributed by atoms with van der Waals surface area (Å²) in [6.45, 7) is 5.39. The van der Waals surface area contributed by atoms with Gasteiger partial charge in [-0.3, -0.25) is 0 Å². The van der Waals surface area contributed by atoms with Gasteiger partial charge < -0.3 is 15.4 Å². The number of rotatable bonds is 4. The Morgan fingerprint density at radius 2 is 1.79 bits per heavy atom. The molecule has 0 amide bonds. The number of benzene rings is 2. The quantitative estimate of drug-likeness (QED) is 0.835. The molecule has 2 N–H and O–H groups in total. The summed E-state index contributed by atoms with van der Waals surface area (Å²) in [5.41, 5.74) is 10.8. The molecule has 3 heteroatoms. The summed E-state index contributed by atoms with van der Waals surface area (Å²) in [6.07, 6.45) is 7.66. The molecule has 1 unspecified atom stereocenters. The topological polar surface area (TPSA) is 38.5 Å². The summed E-state index contributed by atoms with van der Waals surface area (Å²) in [7, 11) is 0. The molecule has 0 aromatic heterocycles. The zero-order valence-corrected chi connectivity index (χ0v) is 17.0. The Morgan fingerprint density at radius 3 is 2.43 bits per heavy atom. The number of hydrogen-bond donors (Lipinski definition) is 1. The standard InChI is InChI=1S/C25H32N2O/c1-18(20-3-2-4-20)27-13-11-25(12-14-27)16-23-15-22(9-10-24(23)28-25)21-7-5-19(17-26)6-8-21/h5-10,15,18,20H,2-4,11-14,16-17,26H2,1H3. The maximum Gasteiger partial charge on any atom is 0.123 e. The second-order valence-electron chi connectivity index (χ2n) is 9.15. The molecule has 1 atom stereocenters. The molecule has 2 fully saturated rings. The maximum absolute atomic E-state index is 6.55. The highest BCUT2D eigenvalue weighted by Crippen LogP contribution is 2.43. The van der Waals surface area contributed by atoms with Crippen molar-refractivity contribution in [2.45, 2.75) is 63.6 Å². The Kier molecular flexibility index (Phi) is 4.68. The molecule has 1 aliphatic carbocycles. The van der Waals surface area contributed by atoms with E-state index in [4.69, 9.17) is 10.5 Å². The second-order valence-corrected chi connectivity index (χ2v) is 9.15. The highest BCUT2D eigenvalue weighted by Gasteiger charge is 2.43. The van der Waals surface area contributed by atoms with Crippen molar-refractivity contribution in [3.05, 3.63) is 53.6 Å². The molecule has 2 heterocycles. The van der Waals surface area contributed by atoms with Crippen LogP contribution in [0, 0.1) is 5.92 Å². The van der Waals surface area contributed by atoms with Crippen molar-refractivity contribution in [1.29, 1.82) is 0 Å². The van der Waals surface area contributed by atoms with E-state index in [1.54, 1.807) is 0 Å². The van der Waals surface area contributed by atoms with Gasteiger partial charge in [0, 0.05) is 44.9 Å². The number of nitrogens with two attached hydrogens (primary N) is 1. The molecular formula is C25H32N2O. The fourth-order valence-electron chi connectivity index (χ4n) is 5.28. The van der Waals surface area contributed by atoms with Gasteiger partial charge in [0.1, 0.15) is 11.4 Å². The molecule has 3 nitrogen and oxygen atoms in total. The van der Waals surface area contributed by atoms with Crippen LogP contribution in [0.5, 0.6) is 5.75 Å². The minimum atomic E-state index is 0.0280. The Balaban J connectivity index is 1.28. The highest BCUT2D eigenvalue weighted by molar-refractivity contribution is 5.66. The predicted octanol–water partition coefficient (Wildman–Crippen LogP) is 4.77. The average Bonchev–Trinajstić information content (AvgIpc) is 3.04. The van der Waals surface area contributed by atoms with Crippen LogP contribution < -0.4 is 10.5 Å². The Hall–Kier alpha value is -1.84. The van der Waals surface area contributed by atoms with E-state index in [2.05, 4.69) is 54.3 Å².